The topological polar surface area (TPSA) is 21.7 Å². The van der Waals surface area contributed by atoms with Crippen molar-refractivity contribution in [2.75, 3.05) is 40.0 Å². The zero-order chi connectivity index (χ0) is 8.44. The van der Waals surface area contributed by atoms with Gasteiger partial charge in [-0.1, -0.05) is 0 Å². The first-order valence-electron chi connectivity index (χ1n) is 4.71. The average Bonchev–Trinajstić information content (AvgIpc) is 2.13. The summed E-state index contributed by atoms with van der Waals surface area (Å²) < 4.78 is 11.3. The van der Waals surface area contributed by atoms with E-state index in [1.165, 1.54) is 0 Å². The Kier molecular flexibility index (Phi) is 2.35. The Bertz CT molecular complexity index is 145. The van der Waals surface area contributed by atoms with Gasteiger partial charge in [-0.05, 0) is 19.9 Å². The largest absolute Gasteiger partial charge is 0.376 e. The number of likely N-dealkylation sites (tertiary alicyclic amines) is 1. The number of nitrogens with zero attached hydrogens (tertiary/aromatic N) is 1. The molecular weight excluding hydrogens is 154 g/mol. The summed E-state index contributed by atoms with van der Waals surface area (Å²) in [5.41, 5.74) is 0.0742. The summed E-state index contributed by atoms with van der Waals surface area (Å²) in [5.74, 6) is 0. The third-order valence-electron chi connectivity index (χ3n) is 2.90. The Hall–Kier alpha value is -0.120. The van der Waals surface area contributed by atoms with Crippen LogP contribution in [0.3, 0.4) is 0 Å². The lowest BCUT2D eigenvalue weighted by atomic mass is 9.92. The molecule has 3 heteroatoms. The van der Waals surface area contributed by atoms with Gasteiger partial charge >= 0.3 is 0 Å². The van der Waals surface area contributed by atoms with Gasteiger partial charge in [-0.15, -0.1) is 0 Å². The third kappa shape index (κ3) is 1.63. The van der Waals surface area contributed by atoms with Gasteiger partial charge in [0.1, 0.15) is 0 Å². The van der Waals surface area contributed by atoms with Crippen LogP contribution in [0.5, 0.6) is 0 Å². The highest BCUT2D eigenvalue weighted by Gasteiger charge is 2.36. The molecule has 2 rings (SSSR count). The van der Waals surface area contributed by atoms with E-state index in [1.807, 2.05) is 0 Å². The van der Waals surface area contributed by atoms with Crippen molar-refractivity contribution in [3.8, 4) is 0 Å². The summed E-state index contributed by atoms with van der Waals surface area (Å²) in [6.07, 6.45) is 2.26. The maximum Gasteiger partial charge on any atom is 0.0940 e. The first-order valence-corrected chi connectivity index (χ1v) is 4.71. The highest BCUT2D eigenvalue weighted by molar-refractivity contribution is 4.88. The molecule has 0 atom stereocenters. The molecule has 1 spiro atoms. The van der Waals surface area contributed by atoms with Crippen LogP contribution in [-0.2, 0) is 9.47 Å². The summed E-state index contributed by atoms with van der Waals surface area (Å²) >= 11 is 0. The minimum Gasteiger partial charge on any atom is -0.376 e. The van der Waals surface area contributed by atoms with Crippen LogP contribution in [0, 0.1) is 0 Å². The van der Waals surface area contributed by atoms with E-state index in [0.717, 1.165) is 45.8 Å². The predicted molar refractivity (Wildman–Crippen MR) is 46.2 cm³/mol. The molecule has 0 bridgehead atoms. The number of hydrogen-bond donors (Lipinski definition) is 0. The Balaban J connectivity index is 1.92. The van der Waals surface area contributed by atoms with Gasteiger partial charge in [0.25, 0.3) is 0 Å². The first kappa shape index (κ1) is 8.48. The molecule has 0 radical (unpaired) electrons. The Morgan fingerprint density at radius 1 is 1.17 bits per heavy atom. The second-order valence-electron chi connectivity index (χ2n) is 3.89. The normalized spacial score (nSPS) is 30.8. The summed E-state index contributed by atoms with van der Waals surface area (Å²) in [6.45, 7) is 4.65. The van der Waals surface area contributed by atoms with Gasteiger partial charge in [0, 0.05) is 13.1 Å². The smallest absolute Gasteiger partial charge is 0.0940 e. The van der Waals surface area contributed by atoms with E-state index < -0.39 is 0 Å². The van der Waals surface area contributed by atoms with E-state index in [9.17, 15) is 0 Å². The fourth-order valence-corrected chi connectivity index (χ4v) is 1.93. The lowest BCUT2D eigenvalue weighted by Crippen LogP contribution is -2.50. The molecule has 2 saturated heterocycles. The first-order chi connectivity index (χ1) is 5.81. The van der Waals surface area contributed by atoms with Gasteiger partial charge in [-0.2, -0.15) is 0 Å². The van der Waals surface area contributed by atoms with Crippen molar-refractivity contribution in [1.29, 1.82) is 0 Å². The van der Waals surface area contributed by atoms with Gasteiger partial charge in [-0.3, -0.25) is 0 Å². The molecule has 70 valence electrons. The Labute approximate surface area is 73.6 Å². The van der Waals surface area contributed by atoms with E-state index in [0.29, 0.717) is 0 Å². The summed E-state index contributed by atoms with van der Waals surface area (Å²) in [6, 6.07) is 0. The lowest BCUT2D eigenvalue weighted by Gasteiger charge is -2.42. The molecule has 2 aliphatic rings. The van der Waals surface area contributed by atoms with Crippen LogP contribution in [0.2, 0.25) is 0 Å². The molecular formula is C9H17NO2. The molecule has 0 aliphatic carbocycles. The third-order valence-corrected chi connectivity index (χ3v) is 2.90. The van der Waals surface area contributed by atoms with Crippen molar-refractivity contribution >= 4 is 0 Å². The second kappa shape index (κ2) is 3.32. The Morgan fingerprint density at radius 2 is 1.92 bits per heavy atom. The fraction of sp³-hybridized carbons (Fsp3) is 1.00. The SMILES string of the molecule is CN1CCC2(CC1)COCCO2. The van der Waals surface area contributed by atoms with Gasteiger partial charge in [-0.25, -0.2) is 0 Å². The van der Waals surface area contributed by atoms with Crippen molar-refractivity contribution in [3.63, 3.8) is 0 Å². The maximum absolute atomic E-state index is 5.80. The molecule has 0 unspecified atom stereocenters. The summed E-state index contributed by atoms with van der Waals surface area (Å²) in [4.78, 5) is 2.35. The maximum atomic E-state index is 5.80. The van der Waals surface area contributed by atoms with Crippen molar-refractivity contribution in [2.24, 2.45) is 0 Å². The van der Waals surface area contributed by atoms with Crippen molar-refractivity contribution in [3.05, 3.63) is 0 Å². The van der Waals surface area contributed by atoms with Crippen LogP contribution >= 0.6 is 0 Å². The zero-order valence-corrected chi connectivity index (χ0v) is 7.71. The second-order valence-corrected chi connectivity index (χ2v) is 3.89. The van der Waals surface area contributed by atoms with Gasteiger partial charge < -0.3 is 14.4 Å². The number of rotatable bonds is 0. The summed E-state index contributed by atoms with van der Waals surface area (Å²) in [5, 5.41) is 0. The van der Waals surface area contributed by atoms with Crippen LogP contribution in [0.25, 0.3) is 0 Å². The number of piperidine rings is 1. The van der Waals surface area contributed by atoms with Crippen LogP contribution in [0.1, 0.15) is 12.8 Å². The van der Waals surface area contributed by atoms with Crippen molar-refractivity contribution < 1.29 is 9.47 Å². The van der Waals surface area contributed by atoms with E-state index >= 15 is 0 Å². The standard InChI is InChI=1S/C9H17NO2/c1-10-4-2-9(3-5-10)8-11-6-7-12-9/h2-8H2,1H3. The molecule has 2 aliphatic heterocycles. The molecule has 2 heterocycles. The molecule has 2 fully saturated rings. The minimum absolute atomic E-state index is 0.0742. The van der Waals surface area contributed by atoms with Gasteiger partial charge in [0.2, 0.25) is 0 Å². The Morgan fingerprint density at radius 3 is 2.50 bits per heavy atom. The van der Waals surface area contributed by atoms with Crippen LogP contribution in [0.15, 0.2) is 0 Å². The molecule has 0 saturated carbocycles. The lowest BCUT2D eigenvalue weighted by molar-refractivity contribution is -0.175. The van der Waals surface area contributed by atoms with Crippen LogP contribution in [0.4, 0.5) is 0 Å². The molecule has 0 aromatic carbocycles. The molecule has 12 heavy (non-hydrogen) atoms. The van der Waals surface area contributed by atoms with Gasteiger partial charge in [0.15, 0.2) is 0 Å². The van der Waals surface area contributed by atoms with E-state index in [1.54, 1.807) is 0 Å². The predicted octanol–water partition coefficient (Wildman–Crippen LogP) is 0.498. The fourth-order valence-electron chi connectivity index (χ4n) is 1.93. The van der Waals surface area contributed by atoms with Crippen LogP contribution in [-0.4, -0.2) is 50.5 Å². The van der Waals surface area contributed by atoms with E-state index in [4.69, 9.17) is 9.47 Å². The number of ether oxygens (including phenoxy) is 2. The van der Waals surface area contributed by atoms with Crippen molar-refractivity contribution in [2.45, 2.75) is 18.4 Å². The van der Waals surface area contributed by atoms with Crippen LogP contribution < -0.4 is 0 Å². The molecule has 0 amide bonds. The molecule has 0 aromatic rings. The highest BCUT2D eigenvalue weighted by atomic mass is 16.6. The summed E-state index contributed by atoms with van der Waals surface area (Å²) in [7, 11) is 2.16. The monoisotopic (exact) mass is 171 g/mol. The highest BCUT2D eigenvalue weighted by Crippen LogP contribution is 2.28. The van der Waals surface area contributed by atoms with E-state index in [-0.39, 0.29) is 5.60 Å². The quantitative estimate of drug-likeness (QED) is 0.529. The number of hydrogen-bond acceptors (Lipinski definition) is 3. The zero-order valence-electron chi connectivity index (χ0n) is 7.71. The average molecular weight is 171 g/mol. The minimum atomic E-state index is 0.0742. The van der Waals surface area contributed by atoms with Gasteiger partial charge in [0.05, 0.1) is 25.4 Å². The molecule has 0 N–H and O–H groups in total. The van der Waals surface area contributed by atoms with Crippen molar-refractivity contribution in [1.82, 2.24) is 4.90 Å². The molecule has 0 aromatic heterocycles. The molecule has 3 nitrogen and oxygen atoms in total. The van der Waals surface area contributed by atoms with E-state index in [2.05, 4.69) is 11.9 Å².